The number of carbonyl (C=O) groups excluding carboxylic acids is 1. The van der Waals surface area contributed by atoms with Crippen LogP contribution in [0.5, 0.6) is 11.5 Å². The summed E-state index contributed by atoms with van der Waals surface area (Å²) in [4.78, 5) is 12.2. The topological polar surface area (TPSA) is 58.6 Å². The number of carbonyl (C=O) groups is 1. The summed E-state index contributed by atoms with van der Waals surface area (Å²) in [5.41, 5.74) is -0.413. The summed E-state index contributed by atoms with van der Waals surface area (Å²) in [5.74, 6) is 0.0552. The molecule has 0 radical (unpaired) electrons. The Morgan fingerprint density at radius 2 is 1.90 bits per heavy atom. The molecular formula is C24H31ClFNO3. The summed E-state index contributed by atoms with van der Waals surface area (Å²) >= 11 is 6.19. The fourth-order valence-corrected chi connectivity index (χ4v) is 3.42. The fraction of sp³-hybridized carbons (Fsp3) is 0.458. The SMILES string of the molecule is CC[C@@H](N[C@@H](C)CC(=O)CCC(C)(C)O)c1ccc(Cl)c(Oc2ccccc2)c1F. The monoisotopic (exact) mass is 435 g/mol. The number of nitrogens with one attached hydrogen (secondary N) is 1. The average molecular weight is 436 g/mol. The van der Waals surface area contributed by atoms with Gasteiger partial charge in [-0.1, -0.05) is 42.8 Å². The Bertz CT molecular complexity index is 836. The first-order chi connectivity index (χ1) is 14.1. The molecule has 2 aromatic carbocycles. The standard InChI is InChI=1S/C24H31ClFNO3/c1-5-21(27-16(2)15-17(28)13-14-24(3,4)29)19-11-12-20(25)23(22(19)26)30-18-9-7-6-8-10-18/h6-12,16,21,27,29H,5,13-15H2,1-4H3/t16-,21+/m0/s1. The van der Waals surface area contributed by atoms with Crippen LogP contribution in [0.4, 0.5) is 4.39 Å². The van der Waals surface area contributed by atoms with Crippen LogP contribution in [-0.4, -0.2) is 22.5 Å². The Morgan fingerprint density at radius 1 is 1.23 bits per heavy atom. The van der Waals surface area contributed by atoms with Crippen molar-refractivity contribution in [3.8, 4) is 11.5 Å². The lowest BCUT2D eigenvalue weighted by molar-refractivity contribution is -0.120. The van der Waals surface area contributed by atoms with Crippen molar-refractivity contribution in [1.82, 2.24) is 5.32 Å². The summed E-state index contributed by atoms with van der Waals surface area (Å²) in [7, 11) is 0. The van der Waals surface area contributed by atoms with Gasteiger partial charge in [-0.2, -0.15) is 0 Å². The zero-order valence-corrected chi connectivity index (χ0v) is 18.8. The van der Waals surface area contributed by atoms with E-state index in [1.54, 1.807) is 50.2 Å². The number of rotatable bonds is 11. The van der Waals surface area contributed by atoms with Crippen LogP contribution in [0.25, 0.3) is 0 Å². The summed E-state index contributed by atoms with van der Waals surface area (Å²) in [6.45, 7) is 7.23. The van der Waals surface area contributed by atoms with Gasteiger partial charge in [-0.25, -0.2) is 4.39 Å². The van der Waals surface area contributed by atoms with Crippen molar-refractivity contribution in [3.63, 3.8) is 0 Å². The smallest absolute Gasteiger partial charge is 0.181 e. The van der Waals surface area contributed by atoms with E-state index < -0.39 is 11.4 Å². The molecule has 2 atom stereocenters. The summed E-state index contributed by atoms with van der Waals surface area (Å²) in [5, 5.41) is 13.3. The van der Waals surface area contributed by atoms with Crippen molar-refractivity contribution in [2.45, 2.75) is 71.1 Å². The second kappa shape index (κ2) is 10.9. The van der Waals surface area contributed by atoms with E-state index >= 15 is 4.39 Å². The lowest BCUT2D eigenvalue weighted by Crippen LogP contribution is -2.33. The number of benzene rings is 2. The van der Waals surface area contributed by atoms with Crippen molar-refractivity contribution in [2.24, 2.45) is 0 Å². The quantitative estimate of drug-likeness (QED) is 0.440. The van der Waals surface area contributed by atoms with Gasteiger partial charge in [-0.05, 0) is 51.8 Å². The molecule has 0 heterocycles. The highest BCUT2D eigenvalue weighted by Crippen LogP contribution is 2.36. The summed E-state index contributed by atoms with van der Waals surface area (Å²) in [6.07, 6.45) is 1.68. The fourth-order valence-electron chi connectivity index (χ4n) is 3.24. The number of hydrogen-bond donors (Lipinski definition) is 2. The van der Waals surface area contributed by atoms with Crippen LogP contribution in [0.15, 0.2) is 42.5 Å². The highest BCUT2D eigenvalue weighted by atomic mass is 35.5. The van der Waals surface area contributed by atoms with E-state index in [4.69, 9.17) is 16.3 Å². The highest BCUT2D eigenvalue weighted by Gasteiger charge is 2.23. The highest BCUT2D eigenvalue weighted by molar-refractivity contribution is 6.32. The van der Waals surface area contributed by atoms with Crippen LogP contribution >= 0.6 is 11.6 Å². The molecule has 0 saturated carbocycles. The molecule has 0 aliphatic heterocycles. The number of halogens is 2. The van der Waals surface area contributed by atoms with Crippen LogP contribution < -0.4 is 10.1 Å². The van der Waals surface area contributed by atoms with E-state index in [0.29, 0.717) is 37.0 Å². The number of para-hydroxylation sites is 1. The number of Topliss-reactive ketones (excluding diaryl/α,β-unsaturated/α-hetero) is 1. The summed E-state index contributed by atoms with van der Waals surface area (Å²) in [6, 6.07) is 11.8. The van der Waals surface area contributed by atoms with Gasteiger partial charge in [0, 0.05) is 30.5 Å². The van der Waals surface area contributed by atoms with E-state index in [-0.39, 0.29) is 28.6 Å². The van der Waals surface area contributed by atoms with Gasteiger partial charge < -0.3 is 15.2 Å². The molecule has 2 N–H and O–H groups in total. The van der Waals surface area contributed by atoms with Crippen molar-refractivity contribution >= 4 is 17.4 Å². The Kier molecular flexibility index (Phi) is 8.83. The van der Waals surface area contributed by atoms with E-state index in [2.05, 4.69) is 5.32 Å². The maximum atomic E-state index is 15.3. The Labute approximate surface area is 183 Å². The second-order valence-corrected chi connectivity index (χ2v) is 8.69. The molecule has 0 aromatic heterocycles. The molecule has 0 amide bonds. The minimum Gasteiger partial charge on any atom is -0.453 e. The largest absolute Gasteiger partial charge is 0.453 e. The maximum Gasteiger partial charge on any atom is 0.181 e. The zero-order valence-electron chi connectivity index (χ0n) is 18.0. The first-order valence-corrected chi connectivity index (χ1v) is 10.7. The van der Waals surface area contributed by atoms with Crippen LogP contribution in [-0.2, 0) is 4.79 Å². The van der Waals surface area contributed by atoms with Gasteiger partial charge in [0.1, 0.15) is 11.5 Å². The minimum absolute atomic E-state index is 0.00507. The normalized spacial score (nSPS) is 13.7. The third kappa shape index (κ3) is 7.38. The predicted octanol–water partition coefficient (Wildman–Crippen LogP) is 6.21. The lowest BCUT2D eigenvalue weighted by atomic mass is 9.97. The number of ketones is 1. The number of hydrogen-bond acceptors (Lipinski definition) is 4. The average Bonchev–Trinajstić information content (AvgIpc) is 2.68. The summed E-state index contributed by atoms with van der Waals surface area (Å²) < 4.78 is 21.0. The molecule has 0 saturated heterocycles. The minimum atomic E-state index is -0.861. The second-order valence-electron chi connectivity index (χ2n) is 8.28. The van der Waals surface area contributed by atoms with Crippen molar-refractivity contribution in [1.29, 1.82) is 0 Å². The van der Waals surface area contributed by atoms with Crippen molar-refractivity contribution in [2.75, 3.05) is 0 Å². The maximum absolute atomic E-state index is 15.3. The number of aliphatic hydroxyl groups is 1. The van der Waals surface area contributed by atoms with Gasteiger partial charge in [0.15, 0.2) is 11.6 Å². The van der Waals surface area contributed by atoms with E-state index in [1.165, 1.54) is 0 Å². The van der Waals surface area contributed by atoms with E-state index in [0.717, 1.165) is 0 Å². The Hall–Kier alpha value is -1.95. The number of ether oxygens (including phenoxy) is 1. The van der Waals surface area contributed by atoms with Crippen LogP contribution in [0.1, 0.15) is 65.0 Å². The van der Waals surface area contributed by atoms with Gasteiger partial charge in [-0.3, -0.25) is 4.79 Å². The molecule has 164 valence electrons. The molecule has 0 fully saturated rings. The van der Waals surface area contributed by atoms with Crippen LogP contribution in [0, 0.1) is 5.82 Å². The van der Waals surface area contributed by atoms with Crippen molar-refractivity contribution < 1.29 is 19.0 Å². The molecule has 2 aromatic rings. The first kappa shape index (κ1) is 24.3. The van der Waals surface area contributed by atoms with E-state index in [9.17, 15) is 9.90 Å². The molecule has 0 aliphatic carbocycles. The molecular weight excluding hydrogens is 405 g/mol. The van der Waals surface area contributed by atoms with Crippen LogP contribution in [0.2, 0.25) is 5.02 Å². The molecule has 2 rings (SSSR count). The van der Waals surface area contributed by atoms with Gasteiger partial charge in [0.2, 0.25) is 0 Å². The lowest BCUT2D eigenvalue weighted by Gasteiger charge is -2.24. The molecule has 0 spiro atoms. The molecule has 0 unspecified atom stereocenters. The van der Waals surface area contributed by atoms with Gasteiger partial charge in [0.05, 0.1) is 10.6 Å². The Balaban J connectivity index is 2.10. The molecule has 4 nitrogen and oxygen atoms in total. The van der Waals surface area contributed by atoms with Gasteiger partial charge in [-0.15, -0.1) is 0 Å². The Morgan fingerprint density at radius 3 is 2.50 bits per heavy atom. The van der Waals surface area contributed by atoms with Gasteiger partial charge >= 0.3 is 0 Å². The molecule has 30 heavy (non-hydrogen) atoms. The van der Waals surface area contributed by atoms with E-state index in [1.807, 2.05) is 19.9 Å². The molecule has 0 bridgehead atoms. The van der Waals surface area contributed by atoms with Gasteiger partial charge in [0.25, 0.3) is 0 Å². The third-order valence-electron chi connectivity index (χ3n) is 4.86. The van der Waals surface area contributed by atoms with Crippen LogP contribution in [0.3, 0.4) is 0 Å². The third-order valence-corrected chi connectivity index (χ3v) is 5.16. The zero-order chi connectivity index (χ0) is 22.3. The molecule has 6 heteroatoms. The first-order valence-electron chi connectivity index (χ1n) is 10.3. The van der Waals surface area contributed by atoms with Crippen molar-refractivity contribution in [3.05, 3.63) is 58.9 Å². The predicted molar refractivity (Wildman–Crippen MR) is 119 cm³/mol. The molecule has 0 aliphatic rings.